The summed E-state index contributed by atoms with van der Waals surface area (Å²) in [6, 6.07) is 11.9. The highest BCUT2D eigenvalue weighted by molar-refractivity contribution is 6.35. The molecular formula is C21H29ClNO2+. The highest BCUT2D eigenvalue weighted by Gasteiger charge is 2.24. The van der Waals surface area contributed by atoms with Crippen LogP contribution in [0.3, 0.4) is 0 Å². The van der Waals surface area contributed by atoms with E-state index in [4.69, 9.17) is 21.1 Å². The minimum atomic E-state index is 0.563. The van der Waals surface area contributed by atoms with Crippen LogP contribution in [0, 0.1) is 11.8 Å². The summed E-state index contributed by atoms with van der Waals surface area (Å²) in [6.07, 6.45) is 1.37. The van der Waals surface area contributed by atoms with Crippen LogP contribution in [0.25, 0.3) is 10.8 Å². The zero-order valence-corrected chi connectivity index (χ0v) is 16.0. The lowest BCUT2D eigenvalue weighted by molar-refractivity contribution is -0.912. The number of nitrogens with one attached hydrogen (secondary N) is 1. The van der Waals surface area contributed by atoms with E-state index < -0.39 is 0 Å². The first kappa shape index (κ1) is 18.5. The fourth-order valence-electron chi connectivity index (χ4n) is 4.02. The highest BCUT2D eigenvalue weighted by atomic mass is 35.5. The Morgan fingerprint density at radius 3 is 2.44 bits per heavy atom. The maximum Gasteiger partial charge on any atom is 0.127 e. The van der Waals surface area contributed by atoms with Gasteiger partial charge in [0.25, 0.3) is 0 Å². The lowest BCUT2D eigenvalue weighted by atomic mass is 9.92. The van der Waals surface area contributed by atoms with E-state index in [-0.39, 0.29) is 0 Å². The lowest BCUT2D eigenvalue weighted by Crippen LogP contribution is -3.14. The summed E-state index contributed by atoms with van der Waals surface area (Å²) in [4.78, 5) is 1.68. The molecule has 0 unspecified atom stereocenters. The maximum atomic E-state index is 6.24. The first-order chi connectivity index (χ1) is 12.1. The van der Waals surface area contributed by atoms with E-state index in [0.29, 0.717) is 13.2 Å². The largest absolute Gasteiger partial charge is 0.491 e. The quantitative estimate of drug-likeness (QED) is 0.762. The van der Waals surface area contributed by atoms with Gasteiger partial charge >= 0.3 is 0 Å². The molecule has 3 nitrogen and oxygen atoms in total. The first-order valence-electron chi connectivity index (χ1n) is 9.35. The van der Waals surface area contributed by atoms with Gasteiger partial charge in [-0.15, -0.1) is 0 Å². The average Bonchev–Trinajstić information content (AvgIpc) is 2.59. The summed E-state index contributed by atoms with van der Waals surface area (Å²) in [6.45, 7) is 10.4. The van der Waals surface area contributed by atoms with Crippen molar-refractivity contribution < 1.29 is 14.4 Å². The molecule has 1 saturated heterocycles. The second-order valence-electron chi connectivity index (χ2n) is 7.41. The summed E-state index contributed by atoms with van der Waals surface area (Å²) < 4.78 is 11.7. The van der Waals surface area contributed by atoms with Crippen LogP contribution in [0.1, 0.15) is 20.3 Å². The number of halogens is 1. The van der Waals surface area contributed by atoms with E-state index in [1.54, 1.807) is 4.90 Å². The zero-order valence-electron chi connectivity index (χ0n) is 15.3. The average molecular weight is 363 g/mol. The third-order valence-corrected chi connectivity index (χ3v) is 5.32. The Morgan fingerprint density at radius 2 is 1.68 bits per heavy atom. The number of hydrogen-bond donors (Lipinski definition) is 1. The van der Waals surface area contributed by atoms with Crippen LogP contribution in [0.2, 0.25) is 5.02 Å². The van der Waals surface area contributed by atoms with Crippen molar-refractivity contribution >= 4 is 22.4 Å². The molecule has 1 fully saturated rings. The van der Waals surface area contributed by atoms with Crippen LogP contribution in [-0.4, -0.2) is 39.5 Å². The minimum absolute atomic E-state index is 0.563. The van der Waals surface area contributed by atoms with Gasteiger partial charge in [0.05, 0.1) is 26.3 Å². The molecule has 2 aromatic rings. The smallest absolute Gasteiger partial charge is 0.127 e. The number of benzene rings is 2. The Morgan fingerprint density at radius 1 is 0.960 bits per heavy atom. The first-order valence-corrected chi connectivity index (χ1v) is 9.72. The number of likely N-dealkylation sites (tertiary alicyclic amines) is 1. The number of hydrogen-bond acceptors (Lipinski definition) is 2. The molecule has 4 heteroatoms. The number of piperidine rings is 1. The molecule has 3 rings (SSSR count). The van der Waals surface area contributed by atoms with E-state index in [2.05, 4.69) is 13.8 Å². The SMILES string of the molecule is C[C@@H]1C[C@@H](C)C[NH+](CCOCCOc2ccc(Cl)c3ccccc23)C1. The molecule has 0 aromatic heterocycles. The molecule has 136 valence electrons. The topological polar surface area (TPSA) is 22.9 Å². The van der Waals surface area contributed by atoms with E-state index in [1.807, 2.05) is 36.4 Å². The summed E-state index contributed by atoms with van der Waals surface area (Å²) in [5, 5.41) is 2.84. The summed E-state index contributed by atoms with van der Waals surface area (Å²) in [7, 11) is 0. The number of fused-ring (bicyclic) bond motifs is 1. The molecule has 0 radical (unpaired) electrons. The van der Waals surface area contributed by atoms with E-state index in [1.165, 1.54) is 19.5 Å². The molecule has 0 aliphatic carbocycles. The Hall–Kier alpha value is -1.29. The van der Waals surface area contributed by atoms with Crippen molar-refractivity contribution in [1.82, 2.24) is 0 Å². The van der Waals surface area contributed by atoms with Crippen LogP contribution >= 0.6 is 11.6 Å². The van der Waals surface area contributed by atoms with Crippen molar-refractivity contribution in [2.45, 2.75) is 20.3 Å². The molecule has 2 atom stereocenters. The molecule has 2 aromatic carbocycles. The molecule has 0 bridgehead atoms. The van der Waals surface area contributed by atoms with E-state index >= 15 is 0 Å². The van der Waals surface area contributed by atoms with Crippen molar-refractivity contribution in [2.75, 3.05) is 39.5 Å². The molecular weight excluding hydrogens is 334 g/mol. The third-order valence-electron chi connectivity index (χ3n) is 5.00. The molecule has 0 spiro atoms. The summed E-state index contributed by atoms with van der Waals surface area (Å²) in [5.74, 6) is 2.54. The standard InChI is InChI=1S/C21H28ClNO2/c1-16-13-17(2)15-23(14-16)9-10-24-11-12-25-21-8-7-20(22)18-5-3-4-6-19(18)21/h3-8,16-17H,9-15H2,1-2H3/p+1/t16-,17-/m1/s1. The van der Waals surface area contributed by atoms with Crippen molar-refractivity contribution in [1.29, 1.82) is 0 Å². The Kier molecular flexibility index (Phi) is 6.57. The van der Waals surface area contributed by atoms with Crippen LogP contribution in [-0.2, 0) is 4.74 Å². The molecule has 1 aliphatic heterocycles. The molecule has 1 N–H and O–H groups in total. The normalized spacial score (nSPS) is 23.7. The third kappa shape index (κ3) is 5.10. The monoisotopic (exact) mass is 362 g/mol. The molecule has 25 heavy (non-hydrogen) atoms. The van der Waals surface area contributed by atoms with Gasteiger partial charge in [0, 0.05) is 27.6 Å². The fraction of sp³-hybridized carbons (Fsp3) is 0.524. The van der Waals surface area contributed by atoms with Gasteiger partial charge in [-0.1, -0.05) is 49.7 Å². The Labute approximate surface area is 155 Å². The molecule has 1 heterocycles. The van der Waals surface area contributed by atoms with Gasteiger partial charge in [-0.2, -0.15) is 0 Å². The van der Waals surface area contributed by atoms with Gasteiger partial charge in [-0.3, -0.25) is 0 Å². The Bertz CT molecular complexity index is 681. The van der Waals surface area contributed by atoms with Gasteiger partial charge in [0.2, 0.25) is 0 Å². The predicted octanol–water partition coefficient (Wildman–Crippen LogP) is 3.45. The van der Waals surface area contributed by atoms with Crippen molar-refractivity contribution in [3.63, 3.8) is 0 Å². The van der Waals surface area contributed by atoms with E-state index in [9.17, 15) is 0 Å². The second-order valence-corrected chi connectivity index (χ2v) is 7.81. The summed E-state index contributed by atoms with van der Waals surface area (Å²) in [5.41, 5.74) is 0. The van der Waals surface area contributed by atoms with Crippen LogP contribution < -0.4 is 9.64 Å². The van der Waals surface area contributed by atoms with E-state index in [0.717, 1.165) is 46.5 Å². The number of ether oxygens (including phenoxy) is 2. The van der Waals surface area contributed by atoms with Crippen LogP contribution in [0.15, 0.2) is 36.4 Å². The highest BCUT2D eigenvalue weighted by Crippen LogP contribution is 2.31. The number of quaternary nitrogens is 1. The second kappa shape index (κ2) is 8.88. The maximum absolute atomic E-state index is 6.24. The van der Waals surface area contributed by atoms with Crippen molar-refractivity contribution in [2.24, 2.45) is 11.8 Å². The minimum Gasteiger partial charge on any atom is -0.491 e. The molecule has 0 saturated carbocycles. The van der Waals surface area contributed by atoms with Crippen molar-refractivity contribution in [3.05, 3.63) is 41.4 Å². The summed E-state index contributed by atoms with van der Waals surface area (Å²) >= 11 is 6.24. The molecule has 0 amide bonds. The van der Waals surface area contributed by atoms with Gasteiger partial charge in [-0.25, -0.2) is 0 Å². The van der Waals surface area contributed by atoms with Gasteiger partial charge in [-0.05, 0) is 18.6 Å². The Balaban J connectivity index is 1.40. The predicted molar refractivity (Wildman–Crippen MR) is 104 cm³/mol. The van der Waals surface area contributed by atoms with Crippen molar-refractivity contribution in [3.8, 4) is 5.75 Å². The van der Waals surface area contributed by atoms with Gasteiger partial charge in [0.15, 0.2) is 0 Å². The zero-order chi connectivity index (χ0) is 17.6. The number of rotatable bonds is 7. The lowest BCUT2D eigenvalue weighted by Gasteiger charge is -2.31. The van der Waals surface area contributed by atoms with Crippen LogP contribution in [0.5, 0.6) is 5.75 Å². The van der Waals surface area contributed by atoms with Gasteiger partial charge < -0.3 is 14.4 Å². The fourth-order valence-corrected chi connectivity index (χ4v) is 4.24. The molecule has 1 aliphatic rings. The van der Waals surface area contributed by atoms with Crippen LogP contribution in [0.4, 0.5) is 0 Å². The van der Waals surface area contributed by atoms with Gasteiger partial charge in [0.1, 0.15) is 18.9 Å².